The van der Waals surface area contributed by atoms with E-state index in [-0.39, 0.29) is 29.7 Å². The second-order valence-corrected chi connectivity index (χ2v) is 6.96. The van der Waals surface area contributed by atoms with Crippen LogP contribution in [0.5, 0.6) is 0 Å². The molecule has 1 aromatic rings. The lowest BCUT2D eigenvalue weighted by Gasteiger charge is -2.34. The third-order valence-corrected chi connectivity index (χ3v) is 5.33. The lowest BCUT2D eigenvalue weighted by atomic mass is 9.95. The number of carbonyl (C=O) groups excluding carboxylic acids is 2. The van der Waals surface area contributed by atoms with E-state index in [0.717, 1.165) is 19.4 Å². The van der Waals surface area contributed by atoms with Gasteiger partial charge in [0.05, 0.1) is 5.92 Å². The van der Waals surface area contributed by atoms with Gasteiger partial charge in [-0.3, -0.25) is 9.59 Å². The molecule has 2 heterocycles. The van der Waals surface area contributed by atoms with Crippen LogP contribution in [-0.2, 0) is 9.59 Å². The number of rotatable bonds is 3. The molecule has 1 unspecified atom stereocenters. The lowest BCUT2D eigenvalue weighted by molar-refractivity contribution is -0.140. The van der Waals surface area contributed by atoms with E-state index in [2.05, 4.69) is 12.1 Å². The molecule has 130 valence electrons. The average molecular weight is 329 g/mol. The predicted octanol–water partition coefficient (Wildman–Crippen LogP) is 1.59. The van der Waals surface area contributed by atoms with Crippen molar-refractivity contribution in [3.05, 3.63) is 35.9 Å². The molecule has 2 aliphatic heterocycles. The van der Waals surface area contributed by atoms with Crippen molar-refractivity contribution < 1.29 is 9.59 Å². The van der Waals surface area contributed by atoms with E-state index in [1.165, 1.54) is 5.56 Å². The highest BCUT2D eigenvalue weighted by Gasteiger charge is 2.38. The van der Waals surface area contributed by atoms with E-state index in [9.17, 15) is 9.59 Å². The van der Waals surface area contributed by atoms with Crippen LogP contribution in [0.15, 0.2) is 30.3 Å². The van der Waals surface area contributed by atoms with Crippen LogP contribution in [0.1, 0.15) is 37.7 Å². The smallest absolute Gasteiger partial charge is 0.227 e. The molecule has 0 aromatic heterocycles. The third-order valence-electron chi connectivity index (χ3n) is 5.33. The van der Waals surface area contributed by atoms with E-state index in [0.29, 0.717) is 26.1 Å². The molecule has 0 bridgehead atoms. The second-order valence-electron chi connectivity index (χ2n) is 6.96. The van der Waals surface area contributed by atoms with E-state index < -0.39 is 0 Å². The highest BCUT2D eigenvalue weighted by molar-refractivity contribution is 5.81. The SMILES string of the molecule is CCC(=O)N1CCCC(C(=O)N2C[C@@H](N)[C@H](c3ccccc3)C2)C1. The van der Waals surface area contributed by atoms with Crippen LogP contribution in [0.4, 0.5) is 0 Å². The summed E-state index contributed by atoms with van der Waals surface area (Å²) in [6, 6.07) is 10.2. The number of hydrogen-bond donors (Lipinski definition) is 1. The van der Waals surface area contributed by atoms with Gasteiger partial charge in [-0.15, -0.1) is 0 Å². The zero-order chi connectivity index (χ0) is 17.1. The monoisotopic (exact) mass is 329 g/mol. The van der Waals surface area contributed by atoms with Gasteiger partial charge in [-0.05, 0) is 18.4 Å². The molecule has 5 nitrogen and oxygen atoms in total. The topological polar surface area (TPSA) is 66.6 Å². The summed E-state index contributed by atoms with van der Waals surface area (Å²) in [5.74, 6) is 0.438. The summed E-state index contributed by atoms with van der Waals surface area (Å²) < 4.78 is 0. The second kappa shape index (κ2) is 7.34. The Hall–Kier alpha value is -1.88. The molecule has 0 aliphatic carbocycles. The number of nitrogens with two attached hydrogens (primary N) is 1. The fourth-order valence-electron chi connectivity index (χ4n) is 3.95. The standard InChI is InChI=1S/C19H27N3O2/c1-2-18(23)21-10-6-9-15(11-21)19(24)22-12-16(17(20)13-22)14-7-4-3-5-8-14/h3-5,7-8,15-17H,2,6,9-13,20H2,1H3/t15?,16-,17+/m0/s1. The Balaban J connectivity index is 1.64. The van der Waals surface area contributed by atoms with Crippen molar-refractivity contribution in [2.45, 2.75) is 38.1 Å². The molecular formula is C19H27N3O2. The Kier molecular flexibility index (Phi) is 5.19. The van der Waals surface area contributed by atoms with Gasteiger partial charge in [-0.1, -0.05) is 37.3 Å². The largest absolute Gasteiger partial charge is 0.342 e. The molecule has 2 fully saturated rings. The van der Waals surface area contributed by atoms with E-state index in [4.69, 9.17) is 5.73 Å². The number of likely N-dealkylation sites (tertiary alicyclic amines) is 2. The minimum Gasteiger partial charge on any atom is -0.342 e. The van der Waals surface area contributed by atoms with Gasteiger partial charge in [-0.25, -0.2) is 0 Å². The molecule has 3 rings (SSSR count). The predicted molar refractivity (Wildman–Crippen MR) is 93.3 cm³/mol. The number of benzene rings is 1. The highest BCUT2D eigenvalue weighted by atomic mass is 16.2. The first-order chi connectivity index (χ1) is 11.6. The molecule has 2 amide bonds. The van der Waals surface area contributed by atoms with Crippen LogP contribution < -0.4 is 5.73 Å². The Bertz CT molecular complexity index is 590. The Morgan fingerprint density at radius 3 is 2.58 bits per heavy atom. The van der Waals surface area contributed by atoms with Crippen molar-refractivity contribution in [2.24, 2.45) is 11.7 Å². The molecule has 0 saturated carbocycles. The zero-order valence-electron chi connectivity index (χ0n) is 14.4. The van der Waals surface area contributed by atoms with Crippen molar-refractivity contribution in [3.8, 4) is 0 Å². The summed E-state index contributed by atoms with van der Waals surface area (Å²) in [5, 5.41) is 0. The third kappa shape index (κ3) is 3.46. The molecular weight excluding hydrogens is 302 g/mol. The van der Waals surface area contributed by atoms with Crippen molar-refractivity contribution >= 4 is 11.8 Å². The van der Waals surface area contributed by atoms with Gasteiger partial charge in [-0.2, -0.15) is 0 Å². The van der Waals surface area contributed by atoms with Gasteiger partial charge < -0.3 is 15.5 Å². The maximum Gasteiger partial charge on any atom is 0.227 e. The fourth-order valence-corrected chi connectivity index (χ4v) is 3.95. The fraction of sp³-hybridized carbons (Fsp3) is 0.579. The number of carbonyl (C=O) groups is 2. The maximum atomic E-state index is 12.9. The van der Waals surface area contributed by atoms with Crippen LogP contribution in [-0.4, -0.2) is 53.8 Å². The number of amides is 2. The van der Waals surface area contributed by atoms with Gasteiger partial charge in [0, 0.05) is 44.6 Å². The van der Waals surface area contributed by atoms with Crippen LogP contribution >= 0.6 is 0 Å². The van der Waals surface area contributed by atoms with Crippen molar-refractivity contribution in [1.29, 1.82) is 0 Å². The quantitative estimate of drug-likeness (QED) is 0.916. The Labute approximate surface area is 143 Å². The van der Waals surface area contributed by atoms with Gasteiger partial charge in [0.1, 0.15) is 0 Å². The first-order valence-corrected chi connectivity index (χ1v) is 8.97. The summed E-state index contributed by atoms with van der Waals surface area (Å²) in [7, 11) is 0. The normalized spacial score (nSPS) is 27.3. The first-order valence-electron chi connectivity index (χ1n) is 8.97. The van der Waals surface area contributed by atoms with E-state index >= 15 is 0 Å². The highest BCUT2D eigenvalue weighted by Crippen LogP contribution is 2.29. The van der Waals surface area contributed by atoms with Crippen LogP contribution in [0, 0.1) is 5.92 Å². The minimum atomic E-state index is -0.0732. The molecule has 2 aliphatic rings. The van der Waals surface area contributed by atoms with Gasteiger partial charge >= 0.3 is 0 Å². The maximum absolute atomic E-state index is 12.9. The molecule has 0 spiro atoms. The summed E-state index contributed by atoms with van der Waals surface area (Å²) in [5.41, 5.74) is 7.51. The Morgan fingerprint density at radius 1 is 1.12 bits per heavy atom. The summed E-state index contributed by atoms with van der Waals surface area (Å²) in [6.45, 7) is 4.51. The Morgan fingerprint density at radius 2 is 1.88 bits per heavy atom. The first kappa shape index (κ1) is 17.0. The summed E-state index contributed by atoms with van der Waals surface area (Å²) in [4.78, 5) is 28.6. The molecule has 2 N–H and O–H groups in total. The molecule has 0 radical (unpaired) electrons. The van der Waals surface area contributed by atoms with Crippen LogP contribution in [0.3, 0.4) is 0 Å². The van der Waals surface area contributed by atoms with Gasteiger partial charge in [0.25, 0.3) is 0 Å². The molecule has 5 heteroatoms. The van der Waals surface area contributed by atoms with Gasteiger partial charge in [0.15, 0.2) is 0 Å². The van der Waals surface area contributed by atoms with Crippen LogP contribution in [0.25, 0.3) is 0 Å². The van der Waals surface area contributed by atoms with E-state index in [1.807, 2.05) is 34.9 Å². The van der Waals surface area contributed by atoms with Crippen molar-refractivity contribution in [3.63, 3.8) is 0 Å². The number of hydrogen-bond acceptors (Lipinski definition) is 3. The zero-order valence-corrected chi connectivity index (χ0v) is 14.4. The van der Waals surface area contributed by atoms with Crippen LogP contribution in [0.2, 0.25) is 0 Å². The van der Waals surface area contributed by atoms with E-state index in [1.54, 1.807) is 0 Å². The lowest BCUT2D eigenvalue weighted by Crippen LogP contribution is -2.46. The number of nitrogens with zero attached hydrogens (tertiary/aromatic N) is 2. The summed E-state index contributed by atoms with van der Waals surface area (Å²) >= 11 is 0. The number of piperidine rings is 1. The minimum absolute atomic E-state index is 0.0201. The van der Waals surface area contributed by atoms with Gasteiger partial charge in [0.2, 0.25) is 11.8 Å². The van der Waals surface area contributed by atoms with Crippen molar-refractivity contribution in [1.82, 2.24) is 9.80 Å². The molecule has 3 atom stereocenters. The van der Waals surface area contributed by atoms with Crippen molar-refractivity contribution in [2.75, 3.05) is 26.2 Å². The average Bonchev–Trinajstić information content (AvgIpc) is 3.03. The molecule has 24 heavy (non-hydrogen) atoms. The summed E-state index contributed by atoms with van der Waals surface area (Å²) in [6.07, 6.45) is 2.28. The molecule has 1 aromatic carbocycles. The molecule has 2 saturated heterocycles.